The molecule has 0 bridgehead atoms. The molecule has 0 saturated heterocycles. The minimum Gasteiger partial charge on any atom is -0.361 e. The molecule has 0 aliphatic carbocycles. The van der Waals surface area contributed by atoms with Gasteiger partial charge in [-0.05, 0) is 18.2 Å². The van der Waals surface area contributed by atoms with Gasteiger partial charge in [0, 0.05) is 20.3 Å². The van der Waals surface area contributed by atoms with Crippen molar-refractivity contribution in [3.8, 4) is 0 Å². The van der Waals surface area contributed by atoms with Gasteiger partial charge in [0.1, 0.15) is 0 Å². The van der Waals surface area contributed by atoms with Crippen LogP contribution in [0.5, 0.6) is 0 Å². The highest BCUT2D eigenvalue weighted by atomic mass is 16.1. The van der Waals surface area contributed by atoms with Crippen molar-refractivity contribution in [1.29, 1.82) is 0 Å². The number of pyridine rings is 1. The maximum atomic E-state index is 11.1. The Morgan fingerprint density at radius 2 is 2.36 bits per heavy atom. The van der Waals surface area contributed by atoms with Gasteiger partial charge in [0.2, 0.25) is 5.91 Å². The minimum atomic E-state index is -0.235. The van der Waals surface area contributed by atoms with Gasteiger partial charge in [-0.2, -0.15) is 0 Å². The van der Waals surface area contributed by atoms with Crippen LogP contribution in [0.2, 0.25) is 0 Å². The lowest BCUT2D eigenvalue weighted by atomic mass is 10.3. The predicted molar refractivity (Wildman–Crippen MR) is 57.4 cm³/mol. The zero-order valence-electron chi connectivity index (χ0n) is 8.32. The molecule has 0 saturated carbocycles. The minimum absolute atomic E-state index is 0.235. The van der Waals surface area contributed by atoms with Crippen LogP contribution in [0.4, 0.5) is 11.5 Å². The Labute approximate surface area is 83.3 Å². The zero-order valence-corrected chi connectivity index (χ0v) is 8.32. The van der Waals surface area contributed by atoms with Crippen LogP contribution >= 0.6 is 0 Å². The van der Waals surface area contributed by atoms with E-state index in [1.807, 2.05) is 19.0 Å². The molecule has 0 aliphatic heterocycles. The number of nitrogens with one attached hydrogen (secondary N) is 1. The van der Waals surface area contributed by atoms with E-state index >= 15 is 0 Å². The number of aromatic nitrogens is 1. The van der Waals surface area contributed by atoms with Crippen LogP contribution in [0.3, 0.4) is 0 Å². The Morgan fingerprint density at radius 3 is 2.93 bits per heavy atom. The molecule has 74 valence electrons. The molecule has 14 heavy (non-hydrogen) atoms. The van der Waals surface area contributed by atoms with Crippen molar-refractivity contribution in [3.05, 3.63) is 31.0 Å². The van der Waals surface area contributed by atoms with E-state index in [0.29, 0.717) is 5.69 Å². The first kappa shape index (κ1) is 10.2. The predicted octanol–water partition coefficient (Wildman–Crippen LogP) is 1.27. The van der Waals surface area contributed by atoms with Crippen molar-refractivity contribution in [2.75, 3.05) is 24.3 Å². The number of rotatable bonds is 3. The number of carbonyl (C=O) groups excluding carboxylic acids is 1. The lowest BCUT2D eigenvalue weighted by Gasteiger charge is -2.15. The standard InChI is InChI=1S/C10H13N3O/c1-4-9(14)12-8-6-5-7-11-10(8)13(2)3/h4-7H,1H2,2-3H3,(H,12,14). The lowest BCUT2D eigenvalue weighted by Crippen LogP contribution is -2.16. The number of nitrogens with zero attached hydrogens (tertiary/aromatic N) is 2. The molecule has 0 fully saturated rings. The van der Waals surface area contributed by atoms with Gasteiger partial charge in [0.05, 0.1) is 5.69 Å². The quantitative estimate of drug-likeness (QED) is 0.732. The van der Waals surface area contributed by atoms with E-state index in [9.17, 15) is 4.79 Å². The average Bonchev–Trinajstić information content (AvgIpc) is 2.18. The second-order valence-electron chi connectivity index (χ2n) is 2.96. The molecule has 0 aromatic carbocycles. The molecule has 0 unspecified atom stereocenters. The van der Waals surface area contributed by atoms with Crippen LogP contribution in [0.25, 0.3) is 0 Å². The summed E-state index contributed by atoms with van der Waals surface area (Å²) in [7, 11) is 3.73. The van der Waals surface area contributed by atoms with E-state index in [1.165, 1.54) is 6.08 Å². The van der Waals surface area contributed by atoms with Gasteiger partial charge in [-0.15, -0.1) is 0 Å². The fourth-order valence-electron chi connectivity index (χ4n) is 1.03. The molecule has 1 N–H and O–H groups in total. The molecule has 0 atom stereocenters. The number of hydrogen-bond donors (Lipinski definition) is 1. The van der Waals surface area contributed by atoms with Crippen molar-refractivity contribution in [1.82, 2.24) is 4.98 Å². The first-order valence-electron chi connectivity index (χ1n) is 4.21. The van der Waals surface area contributed by atoms with Crippen LogP contribution in [0.1, 0.15) is 0 Å². The van der Waals surface area contributed by atoms with Crippen molar-refractivity contribution in [3.63, 3.8) is 0 Å². The van der Waals surface area contributed by atoms with E-state index in [4.69, 9.17) is 0 Å². The smallest absolute Gasteiger partial charge is 0.247 e. The highest BCUT2D eigenvalue weighted by Crippen LogP contribution is 2.19. The maximum Gasteiger partial charge on any atom is 0.247 e. The van der Waals surface area contributed by atoms with E-state index in [-0.39, 0.29) is 5.91 Å². The molecule has 0 spiro atoms. The molecular formula is C10H13N3O. The van der Waals surface area contributed by atoms with Gasteiger partial charge in [-0.1, -0.05) is 6.58 Å². The van der Waals surface area contributed by atoms with Crippen molar-refractivity contribution in [2.24, 2.45) is 0 Å². The molecule has 0 aliphatic rings. The van der Waals surface area contributed by atoms with Crippen LogP contribution in [0, 0.1) is 0 Å². The Kier molecular flexibility index (Phi) is 3.23. The Morgan fingerprint density at radius 1 is 1.64 bits per heavy atom. The molecular weight excluding hydrogens is 178 g/mol. The summed E-state index contributed by atoms with van der Waals surface area (Å²) < 4.78 is 0. The molecule has 0 radical (unpaired) electrons. The van der Waals surface area contributed by atoms with Crippen LogP contribution in [-0.2, 0) is 4.79 Å². The van der Waals surface area contributed by atoms with Gasteiger partial charge < -0.3 is 10.2 Å². The number of carbonyl (C=O) groups is 1. The van der Waals surface area contributed by atoms with E-state index < -0.39 is 0 Å². The van der Waals surface area contributed by atoms with Crippen molar-refractivity contribution >= 4 is 17.4 Å². The molecule has 1 aromatic rings. The van der Waals surface area contributed by atoms with Crippen molar-refractivity contribution < 1.29 is 4.79 Å². The molecule has 4 nitrogen and oxygen atoms in total. The maximum absolute atomic E-state index is 11.1. The summed E-state index contributed by atoms with van der Waals surface area (Å²) in [5, 5.41) is 2.68. The summed E-state index contributed by atoms with van der Waals surface area (Å²) in [5.41, 5.74) is 0.683. The summed E-state index contributed by atoms with van der Waals surface area (Å²) in [6.45, 7) is 3.39. The summed E-state index contributed by atoms with van der Waals surface area (Å²) in [4.78, 5) is 17.1. The van der Waals surface area contributed by atoms with Crippen LogP contribution in [0.15, 0.2) is 31.0 Å². The summed E-state index contributed by atoms with van der Waals surface area (Å²) in [6.07, 6.45) is 2.91. The Bertz CT molecular complexity index is 347. The number of hydrogen-bond acceptors (Lipinski definition) is 3. The SMILES string of the molecule is C=CC(=O)Nc1cccnc1N(C)C. The molecule has 1 rings (SSSR count). The largest absolute Gasteiger partial charge is 0.361 e. The summed E-state index contributed by atoms with van der Waals surface area (Å²) in [5.74, 6) is 0.490. The van der Waals surface area contributed by atoms with E-state index in [0.717, 1.165) is 5.82 Å². The van der Waals surface area contributed by atoms with Gasteiger partial charge in [-0.25, -0.2) is 4.98 Å². The monoisotopic (exact) mass is 191 g/mol. The highest BCUT2D eigenvalue weighted by molar-refractivity contribution is 6.00. The number of amides is 1. The summed E-state index contributed by atoms with van der Waals surface area (Å²) >= 11 is 0. The molecule has 1 aromatic heterocycles. The fourth-order valence-corrected chi connectivity index (χ4v) is 1.03. The van der Waals surface area contributed by atoms with Gasteiger partial charge >= 0.3 is 0 Å². The zero-order chi connectivity index (χ0) is 10.6. The Balaban J connectivity index is 2.95. The second kappa shape index (κ2) is 4.41. The third kappa shape index (κ3) is 2.32. The van der Waals surface area contributed by atoms with Gasteiger partial charge in [0.15, 0.2) is 5.82 Å². The van der Waals surface area contributed by atoms with Crippen LogP contribution < -0.4 is 10.2 Å². The fraction of sp³-hybridized carbons (Fsp3) is 0.200. The van der Waals surface area contributed by atoms with Gasteiger partial charge in [-0.3, -0.25) is 4.79 Å². The third-order valence-electron chi connectivity index (χ3n) is 1.65. The topological polar surface area (TPSA) is 45.2 Å². The average molecular weight is 191 g/mol. The van der Waals surface area contributed by atoms with E-state index in [2.05, 4.69) is 16.9 Å². The molecule has 4 heteroatoms. The lowest BCUT2D eigenvalue weighted by molar-refractivity contribution is -0.111. The second-order valence-corrected chi connectivity index (χ2v) is 2.96. The van der Waals surface area contributed by atoms with Crippen molar-refractivity contribution in [2.45, 2.75) is 0 Å². The first-order chi connectivity index (χ1) is 6.65. The third-order valence-corrected chi connectivity index (χ3v) is 1.65. The molecule has 1 amide bonds. The summed E-state index contributed by atoms with van der Waals surface area (Å²) in [6, 6.07) is 3.56. The van der Waals surface area contributed by atoms with E-state index in [1.54, 1.807) is 18.3 Å². The molecule has 1 heterocycles. The first-order valence-corrected chi connectivity index (χ1v) is 4.21. The van der Waals surface area contributed by atoms with Crippen LogP contribution in [-0.4, -0.2) is 25.0 Å². The normalized spacial score (nSPS) is 9.29. The Hall–Kier alpha value is -1.84. The number of anilines is 2. The van der Waals surface area contributed by atoms with Gasteiger partial charge in [0.25, 0.3) is 0 Å². The highest BCUT2D eigenvalue weighted by Gasteiger charge is 2.06.